The van der Waals surface area contributed by atoms with Crippen LogP contribution in [0.15, 0.2) is 24.3 Å². The van der Waals surface area contributed by atoms with Crippen molar-refractivity contribution >= 4 is 0 Å². The molecule has 81 valence electrons. The van der Waals surface area contributed by atoms with Crippen LogP contribution in [0.3, 0.4) is 0 Å². The van der Waals surface area contributed by atoms with E-state index in [1.807, 2.05) is 24.3 Å². The SMILES string of the molecule is [c]1ccccc1OCCOC1CCCC1. The summed E-state index contributed by atoms with van der Waals surface area (Å²) in [5.74, 6) is 0.799. The van der Waals surface area contributed by atoms with Crippen LogP contribution in [0.1, 0.15) is 25.7 Å². The van der Waals surface area contributed by atoms with E-state index in [0.717, 1.165) is 5.75 Å². The molecular formula is C13H17O2. The molecule has 0 amide bonds. The quantitative estimate of drug-likeness (QED) is 0.688. The first kappa shape index (κ1) is 10.5. The topological polar surface area (TPSA) is 18.5 Å². The molecule has 2 heteroatoms. The van der Waals surface area contributed by atoms with E-state index in [2.05, 4.69) is 6.07 Å². The molecule has 2 rings (SSSR count). The summed E-state index contributed by atoms with van der Waals surface area (Å²) in [6.07, 6.45) is 5.55. The minimum absolute atomic E-state index is 0.480. The second-order valence-electron chi connectivity index (χ2n) is 3.85. The second kappa shape index (κ2) is 5.76. The van der Waals surface area contributed by atoms with Crippen LogP contribution in [-0.2, 0) is 4.74 Å². The summed E-state index contributed by atoms with van der Waals surface area (Å²) in [6.45, 7) is 1.31. The summed E-state index contributed by atoms with van der Waals surface area (Å²) in [5, 5.41) is 0. The smallest absolute Gasteiger partial charge is 0.127 e. The fraction of sp³-hybridized carbons (Fsp3) is 0.538. The van der Waals surface area contributed by atoms with Gasteiger partial charge in [0.25, 0.3) is 0 Å². The van der Waals surface area contributed by atoms with Gasteiger partial charge in [-0.2, -0.15) is 0 Å². The van der Waals surface area contributed by atoms with Crippen LogP contribution in [0.5, 0.6) is 5.75 Å². The minimum Gasteiger partial charge on any atom is -0.491 e. The summed E-state index contributed by atoms with van der Waals surface area (Å²) in [6, 6.07) is 10.7. The van der Waals surface area contributed by atoms with E-state index >= 15 is 0 Å². The Kier molecular flexibility index (Phi) is 4.03. The van der Waals surface area contributed by atoms with Gasteiger partial charge in [-0.05, 0) is 18.9 Å². The average Bonchev–Trinajstić information content (AvgIpc) is 2.79. The Balaban J connectivity index is 1.59. The van der Waals surface area contributed by atoms with E-state index in [-0.39, 0.29) is 0 Å². The molecule has 1 radical (unpaired) electrons. The summed E-state index contributed by atoms with van der Waals surface area (Å²) in [7, 11) is 0. The first-order chi connectivity index (χ1) is 7.45. The maximum absolute atomic E-state index is 5.69. The van der Waals surface area contributed by atoms with Crippen molar-refractivity contribution in [2.45, 2.75) is 31.8 Å². The standard InChI is InChI=1S/C13H17O2/c1-2-6-12(7-3-1)14-10-11-15-13-8-4-5-9-13/h1-3,6,13H,4-5,8-11H2. The van der Waals surface area contributed by atoms with Gasteiger partial charge in [-0.15, -0.1) is 0 Å². The van der Waals surface area contributed by atoms with Gasteiger partial charge in [0.05, 0.1) is 12.7 Å². The first-order valence-corrected chi connectivity index (χ1v) is 5.66. The summed E-state index contributed by atoms with van der Waals surface area (Å²) >= 11 is 0. The molecule has 1 aromatic rings. The molecule has 1 aliphatic rings. The Morgan fingerprint density at radius 3 is 2.80 bits per heavy atom. The van der Waals surface area contributed by atoms with Gasteiger partial charge in [-0.1, -0.05) is 31.0 Å². The fourth-order valence-corrected chi connectivity index (χ4v) is 1.89. The third-order valence-electron chi connectivity index (χ3n) is 2.68. The molecule has 1 fully saturated rings. The Hall–Kier alpha value is -1.02. The Morgan fingerprint density at radius 1 is 1.20 bits per heavy atom. The second-order valence-corrected chi connectivity index (χ2v) is 3.85. The van der Waals surface area contributed by atoms with Crippen LogP contribution in [0.25, 0.3) is 0 Å². The van der Waals surface area contributed by atoms with Crippen molar-refractivity contribution < 1.29 is 9.47 Å². The van der Waals surface area contributed by atoms with Gasteiger partial charge >= 0.3 is 0 Å². The lowest BCUT2D eigenvalue weighted by atomic mass is 10.3. The molecule has 0 bridgehead atoms. The molecule has 0 atom stereocenters. The van der Waals surface area contributed by atoms with Crippen molar-refractivity contribution in [1.82, 2.24) is 0 Å². The number of benzene rings is 1. The zero-order valence-corrected chi connectivity index (χ0v) is 8.95. The fourth-order valence-electron chi connectivity index (χ4n) is 1.89. The van der Waals surface area contributed by atoms with Crippen molar-refractivity contribution in [3.8, 4) is 5.75 Å². The van der Waals surface area contributed by atoms with Gasteiger partial charge in [0.2, 0.25) is 0 Å². The van der Waals surface area contributed by atoms with E-state index in [9.17, 15) is 0 Å². The molecule has 0 aliphatic heterocycles. The monoisotopic (exact) mass is 205 g/mol. The molecule has 0 spiro atoms. The number of ether oxygens (including phenoxy) is 2. The largest absolute Gasteiger partial charge is 0.491 e. The summed E-state index contributed by atoms with van der Waals surface area (Å²) in [5.41, 5.74) is 0. The molecule has 0 saturated heterocycles. The van der Waals surface area contributed by atoms with Gasteiger partial charge in [0.15, 0.2) is 0 Å². The van der Waals surface area contributed by atoms with Crippen LogP contribution in [0.2, 0.25) is 0 Å². The predicted molar refractivity (Wildman–Crippen MR) is 59.0 cm³/mol. The van der Waals surface area contributed by atoms with E-state index < -0.39 is 0 Å². The zero-order valence-electron chi connectivity index (χ0n) is 8.95. The molecule has 0 N–H and O–H groups in total. The van der Waals surface area contributed by atoms with Crippen molar-refractivity contribution in [2.75, 3.05) is 13.2 Å². The molecule has 1 aliphatic carbocycles. The maximum Gasteiger partial charge on any atom is 0.127 e. The number of hydrogen-bond donors (Lipinski definition) is 0. The van der Waals surface area contributed by atoms with E-state index in [0.29, 0.717) is 19.3 Å². The maximum atomic E-state index is 5.69. The highest BCUT2D eigenvalue weighted by Crippen LogP contribution is 2.20. The van der Waals surface area contributed by atoms with Gasteiger partial charge in [0, 0.05) is 6.07 Å². The number of hydrogen-bond acceptors (Lipinski definition) is 2. The third kappa shape index (κ3) is 3.56. The van der Waals surface area contributed by atoms with Crippen molar-refractivity contribution in [3.63, 3.8) is 0 Å². The van der Waals surface area contributed by atoms with Crippen molar-refractivity contribution in [2.24, 2.45) is 0 Å². The number of rotatable bonds is 5. The lowest BCUT2D eigenvalue weighted by Crippen LogP contribution is -2.13. The van der Waals surface area contributed by atoms with E-state index in [1.54, 1.807) is 0 Å². The highest BCUT2D eigenvalue weighted by molar-refractivity contribution is 5.19. The first-order valence-electron chi connectivity index (χ1n) is 5.66. The molecule has 15 heavy (non-hydrogen) atoms. The molecule has 0 aromatic heterocycles. The van der Waals surface area contributed by atoms with Crippen LogP contribution in [-0.4, -0.2) is 19.3 Å². The summed E-state index contributed by atoms with van der Waals surface area (Å²) in [4.78, 5) is 0. The van der Waals surface area contributed by atoms with Crippen molar-refractivity contribution in [1.29, 1.82) is 0 Å². The lowest BCUT2D eigenvalue weighted by Gasteiger charge is -2.11. The molecular weight excluding hydrogens is 188 g/mol. The average molecular weight is 205 g/mol. The normalized spacial score (nSPS) is 16.8. The predicted octanol–water partition coefficient (Wildman–Crippen LogP) is 2.82. The lowest BCUT2D eigenvalue weighted by molar-refractivity contribution is 0.0381. The van der Waals surface area contributed by atoms with Crippen LogP contribution in [0, 0.1) is 6.07 Å². The highest BCUT2D eigenvalue weighted by Gasteiger charge is 2.14. The third-order valence-corrected chi connectivity index (χ3v) is 2.68. The Labute approximate surface area is 91.2 Å². The Bertz CT molecular complexity index is 265. The van der Waals surface area contributed by atoms with Crippen LogP contribution < -0.4 is 4.74 Å². The molecule has 1 saturated carbocycles. The number of para-hydroxylation sites is 1. The highest BCUT2D eigenvalue weighted by atomic mass is 16.5. The molecule has 0 heterocycles. The Morgan fingerprint density at radius 2 is 2.07 bits per heavy atom. The van der Waals surface area contributed by atoms with Crippen molar-refractivity contribution in [3.05, 3.63) is 30.3 Å². The van der Waals surface area contributed by atoms with Gasteiger partial charge in [0.1, 0.15) is 12.4 Å². The van der Waals surface area contributed by atoms with Crippen LogP contribution >= 0.6 is 0 Å². The molecule has 2 nitrogen and oxygen atoms in total. The van der Waals surface area contributed by atoms with E-state index in [1.165, 1.54) is 25.7 Å². The van der Waals surface area contributed by atoms with Gasteiger partial charge in [-0.3, -0.25) is 0 Å². The molecule has 1 aromatic carbocycles. The van der Waals surface area contributed by atoms with E-state index in [4.69, 9.17) is 9.47 Å². The van der Waals surface area contributed by atoms with Crippen LogP contribution in [0.4, 0.5) is 0 Å². The van der Waals surface area contributed by atoms with Gasteiger partial charge < -0.3 is 9.47 Å². The minimum atomic E-state index is 0.480. The zero-order chi connectivity index (χ0) is 10.3. The van der Waals surface area contributed by atoms with Gasteiger partial charge in [-0.25, -0.2) is 0 Å². The molecule has 0 unspecified atom stereocenters. The summed E-state index contributed by atoms with van der Waals surface area (Å²) < 4.78 is 11.2.